The van der Waals surface area contributed by atoms with Gasteiger partial charge in [0.15, 0.2) is 5.13 Å². The lowest BCUT2D eigenvalue weighted by atomic mass is 9.91. The summed E-state index contributed by atoms with van der Waals surface area (Å²) < 4.78 is 0. The van der Waals surface area contributed by atoms with E-state index in [0.29, 0.717) is 0 Å². The van der Waals surface area contributed by atoms with Crippen LogP contribution in [0.1, 0.15) is 44.7 Å². The molecule has 2 rings (SSSR count). The molecular weight excluding hydrogens is 232 g/mol. The molecule has 96 valence electrons. The Bertz CT molecular complexity index is 395. The van der Waals surface area contributed by atoms with Crippen LogP contribution in [0.2, 0.25) is 0 Å². The van der Waals surface area contributed by atoms with Crippen LogP contribution in [0.4, 0.5) is 5.13 Å². The van der Waals surface area contributed by atoms with Gasteiger partial charge < -0.3 is 10.0 Å². The van der Waals surface area contributed by atoms with Gasteiger partial charge in [-0.25, -0.2) is 4.98 Å². The van der Waals surface area contributed by atoms with Crippen molar-refractivity contribution in [2.24, 2.45) is 5.92 Å². The van der Waals surface area contributed by atoms with E-state index in [1.807, 2.05) is 0 Å². The minimum absolute atomic E-state index is 0.0121. The molecule has 1 unspecified atom stereocenters. The summed E-state index contributed by atoms with van der Waals surface area (Å²) >= 11 is 1.65. The monoisotopic (exact) mass is 254 g/mol. The van der Waals surface area contributed by atoms with Crippen LogP contribution in [-0.4, -0.2) is 23.2 Å². The summed E-state index contributed by atoms with van der Waals surface area (Å²) in [5.74, 6) is 0.759. The molecule has 1 aromatic rings. The fourth-order valence-corrected chi connectivity index (χ4v) is 3.44. The fraction of sp³-hybridized carbons (Fsp3) is 0.769. The van der Waals surface area contributed by atoms with Gasteiger partial charge in [-0.1, -0.05) is 39.0 Å². The fourth-order valence-electron chi connectivity index (χ4n) is 2.28. The average molecular weight is 254 g/mol. The van der Waals surface area contributed by atoms with Gasteiger partial charge >= 0.3 is 0 Å². The number of nitrogens with zero attached hydrogens (tertiary/aromatic N) is 2. The lowest BCUT2D eigenvalue weighted by molar-refractivity contribution is 0.282. The zero-order valence-corrected chi connectivity index (χ0v) is 12.0. The summed E-state index contributed by atoms with van der Waals surface area (Å²) in [6.45, 7) is 11.0. The predicted octanol–water partition coefficient (Wildman–Crippen LogP) is 2.78. The van der Waals surface area contributed by atoms with Crippen molar-refractivity contribution in [3.63, 3.8) is 0 Å². The van der Waals surface area contributed by atoms with E-state index in [1.54, 1.807) is 11.3 Å². The summed E-state index contributed by atoms with van der Waals surface area (Å²) in [4.78, 5) is 8.12. The van der Waals surface area contributed by atoms with Gasteiger partial charge in [0.1, 0.15) is 0 Å². The molecule has 0 bridgehead atoms. The van der Waals surface area contributed by atoms with Crippen LogP contribution in [0.5, 0.6) is 0 Å². The van der Waals surface area contributed by atoms with Crippen molar-refractivity contribution in [2.75, 3.05) is 18.0 Å². The lowest BCUT2D eigenvalue weighted by Crippen LogP contribution is -2.20. The number of aromatic nitrogens is 1. The number of anilines is 1. The minimum Gasteiger partial charge on any atom is -0.391 e. The molecule has 0 saturated carbocycles. The van der Waals surface area contributed by atoms with Crippen molar-refractivity contribution in [3.05, 3.63) is 10.6 Å². The van der Waals surface area contributed by atoms with E-state index in [1.165, 1.54) is 6.42 Å². The van der Waals surface area contributed by atoms with Crippen LogP contribution in [0.15, 0.2) is 0 Å². The van der Waals surface area contributed by atoms with Gasteiger partial charge in [0.25, 0.3) is 0 Å². The Morgan fingerprint density at radius 2 is 2.18 bits per heavy atom. The molecule has 2 heterocycles. The van der Waals surface area contributed by atoms with Gasteiger partial charge in [-0.2, -0.15) is 0 Å². The largest absolute Gasteiger partial charge is 0.391 e. The summed E-state index contributed by atoms with van der Waals surface area (Å²) in [6.07, 6.45) is 1.25. The van der Waals surface area contributed by atoms with Gasteiger partial charge in [0, 0.05) is 18.5 Å². The third-order valence-corrected chi connectivity index (χ3v) is 4.34. The molecule has 17 heavy (non-hydrogen) atoms. The van der Waals surface area contributed by atoms with Crippen molar-refractivity contribution in [3.8, 4) is 0 Å². The molecule has 1 fully saturated rings. The molecule has 1 aliphatic heterocycles. The van der Waals surface area contributed by atoms with E-state index in [9.17, 15) is 5.11 Å². The molecule has 0 amide bonds. The maximum Gasteiger partial charge on any atom is 0.185 e. The van der Waals surface area contributed by atoms with Crippen LogP contribution in [0, 0.1) is 5.92 Å². The zero-order chi connectivity index (χ0) is 12.6. The van der Waals surface area contributed by atoms with Crippen molar-refractivity contribution in [1.82, 2.24) is 4.98 Å². The maximum absolute atomic E-state index is 9.44. The lowest BCUT2D eigenvalue weighted by Gasteiger charge is -2.17. The number of aliphatic hydroxyl groups excluding tert-OH is 1. The minimum atomic E-state index is 0.0121. The van der Waals surface area contributed by atoms with Crippen LogP contribution in [0.25, 0.3) is 0 Å². The van der Waals surface area contributed by atoms with Crippen molar-refractivity contribution in [1.29, 1.82) is 0 Å². The summed E-state index contributed by atoms with van der Waals surface area (Å²) in [5, 5.41) is 10.5. The Labute approximate surface area is 107 Å². The van der Waals surface area contributed by atoms with Gasteiger partial charge in [-0.3, -0.25) is 0 Å². The standard InChI is InChI=1S/C13H22N2OS/c1-9-5-6-15(7-9)12-14-11(13(2,3)4)10(8-16)17-12/h9,16H,5-8H2,1-4H3. The summed E-state index contributed by atoms with van der Waals surface area (Å²) in [5.41, 5.74) is 1.07. The Morgan fingerprint density at radius 3 is 2.59 bits per heavy atom. The number of rotatable bonds is 2. The quantitative estimate of drug-likeness (QED) is 0.881. The molecule has 0 radical (unpaired) electrons. The Hall–Kier alpha value is -0.610. The average Bonchev–Trinajstić information content (AvgIpc) is 2.81. The van der Waals surface area contributed by atoms with Gasteiger partial charge in [0.05, 0.1) is 17.2 Å². The SMILES string of the molecule is CC1CCN(c2nc(C(C)(C)C)c(CO)s2)C1. The second-order valence-corrected chi connectivity index (χ2v) is 7.08. The third-order valence-electron chi connectivity index (χ3n) is 3.23. The third kappa shape index (κ3) is 2.63. The molecule has 0 spiro atoms. The molecule has 1 aromatic heterocycles. The highest BCUT2D eigenvalue weighted by Gasteiger charge is 2.27. The first-order chi connectivity index (χ1) is 7.91. The smallest absolute Gasteiger partial charge is 0.185 e. The summed E-state index contributed by atoms with van der Waals surface area (Å²) in [6, 6.07) is 0. The molecule has 0 aliphatic carbocycles. The molecule has 1 saturated heterocycles. The Balaban J connectivity index is 2.28. The molecule has 1 N–H and O–H groups in total. The van der Waals surface area contributed by atoms with E-state index in [0.717, 1.165) is 34.7 Å². The van der Waals surface area contributed by atoms with E-state index in [-0.39, 0.29) is 12.0 Å². The van der Waals surface area contributed by atoms with Crippen molar-refractivity contribution >= 4 is 16.5 Å². The highest BCUT2D eigenvalue weighted by molar-refractivity contribution is 7.15. The van der Waals surface area contributed by atoms with Crippen LogP contribution < -0.4 is 4.90 Å². The van der Waals surface area contributed by atoms with Gasteiger partial charge in [0.2, 0.25) is 0 Å². The van der Waals surface area contributed by atoms with E-state index >= 15 is 0 Å². The molecule has 0 aromatic carbocycles. The van der Waals surface area contributed by atoms with Crippen LogP contribution >= 0.6 is 11.3 Å². The van der Waals surface area contributed by atoms with E-state index < -0.39 is 0 Å². The Kier molecular flexibility index (Phi) is 3.46. The van der Waals surface area contributed by atoms with Crippen LogP contribution in [0.3, 0.4) is 0 Å². The molecule has 1 aliphatic rings. The highest BCUT2D eigenvalue weighted by atomic mass is 32.1. The molecule has 1 atom stereocenters. The topological polar surface area (TPSA) is 36.4 Å². The maximum atomic E-state index is 9.44. The number of thiazole rings is 1. The molecule has 3 nitrogen and oxygen atoms in total. The Morgan fingerprint density at radius 1 is 1.47 bits per heavy atom. The molecular formula is C13H22N2OS. The predicted molar refractivity (Wildman–Crippen MR) is 72.7 cm³/mol. The first-order valence-corrected chi connectivity index (χ1v) is 7.09. The second-order valence-electron chi connectivity index (χ2n) is 6.02. The molecule has 4 heteroatoms. The summed E-state index contributed by atoms with van der Waals surface area (Å²) in [7, 11) is 0. The highest BCUT2D eigenvalue weighted by Crippen LogP contribution is 2.35. The van der Waals surface area contributed by atoms with E-state index in [2.05, 4.69) is 32.6 Å². The number of hydrogen-bond acceptors (Lipinski definition) is 4. The zero-order valence-electron chi connectivity index (χ0n) is 11.2. The van der Waals surface area contributed by atoms with Gasteiger partial charge in [-0.05, 0) is 12.3 Å². The number of hydrogen-bond donors (Lipinski definition) is 1. The van der Waals surface area contributed by atoms with Crippen molar-refractivity contribution in [2.45, 2.75) is 46.1 Å². The van der Waals surface area contributed by atoms with Crippen molar-refractivity contribution < 1.29 is 5.11 Å². The second kappa shape index (κ2) is 4.58. The number of aliphatic hydroxyl groups is 1. The first-order valence-electron chi connectivity index (χ1n) is 6.28. The van der Waals surface area contributed by atoms with E-state index in [4.69, 9.17) is 4.98 Å². The van der Waals surface area contributed by atoms with Gasteiger partial charge in [-0.15, -0.1) is 0 Å². The normalized spacial score (nSPS) is 21.2. The first kappa shape index (κ1) is 12.8. The van der Waals surface area contributed by atoms with Crippen LogP contribution in [-0.2, 0) is 12.0 Å².